The number of hydrogen-bond donors (Lipinski definition) is 1. The summed E-state index contributed by atoms with van der Waals surface area (Å²) in [5, 5.41) is 9.85. The Morgan fingerprint density at radius 2 is 1.84 bits per heavy atom. The second-order valence-corrected chi connectivity index (χ2v) is 6.02. The first-order valence-electron chi connectivity index (χ1n) is 7.21. The highest BCUT2D eigenvalue weighted by molar-refractivity contribution is 5.25. The molecule has 1 aliphatic heterocycles. The van der Waals surface area contributed by atoms with Crippen LogP contribution in [0.25, 0.3) is 0 Å². The average Bonchev–Trinajstić information content (AvgIpc) is 2.64. The molecule has 0 bridgehead atoms. The predicted molar refractivity (Wildman–Crippen MR) is 79.4 cm³/mol. The zero-order valence-corrected chi connectivity index (χ0v) is 12.2. The Balaban J connectivity index is 2.06. The van der Waals surface area contributed by atoms with Gasteiger partial charge in [0.1, 0.15) is 0 Å². The Hall–Kier alpha value is -0.900. The summed E-state index contributed by atoms with van der Waals surface area (Å²) in [6, 6.07) is 10.4. The number of benzene rings is 1. The van der Waals surface area contributed by atoms with Crippen molar-refractivity contribution in [2.75, 3.05) is 46.4 Å². The van der Waals surface area contributed by atoms with Gasteiger partial charge in [-0.25, -0.2) is 0 Å². The SMILES string of the molecule is CN1CCCN(CC(C)(CO)c2ccccc2)CC1. The lowest BCUT2D eigenvalue weighted by molar-refractivity contribution is 0.146. The van der Waals surface area contributed by atoms with Crippen LogP contribution < -0.4 is 0 Å². The number of aliphatic hydroxyl groups is 1. The van der Waals surface area contributed by atoms with Gasteiger partial charge in [0.25, 0.3) is 0 Å². The number of likely N-dealkylation sites (N-methyl/N-ethyl adjacent to an activating group) is 1. The molecular formula is C16H26N2O. The van der Waals surface area contributed by atoms with Gasteiger partial charge >= 0.3 is 0 Å². The third-order valence-corrected chi connectivity index (χ3v) is 4.20. The minimum Gasteiger partial charge on any atom is -0.395 e. The molecule has 1 N–H and O–H groups in total. The van der Waals surface area contributed by atoms with E-state index in [4.69, 9.17) is 0 Å². The van der Waals surface area contributed by atoms with Gasteiger partial charge in [0.2, 0.25) is 0 Å². The van der Waals surface area contributed by atoms with Gasteiger partial charge in [-0.1, -0.05) is 37.3 Å². The summed E-state index contributed by atoms with van der Waals surface area (Å²) in [6.45, 7) is 7.82. The molecular weight excluding hydrogens is 236 g/mol. The molecule has 1 saturated heterocycles. The first-order valence-corrected chi connectivity index (χ1v) is 7.21. The third kappa shape index (κ3) is 3.78. The van der Waals surface area contributed by atoms with Crippen molar-refractivity contribution in [2.24, 2.45) is 0 Å². The summed E-state index contributed by atoms with van der Waals surface area (Å²) < 4.78 is 0. The van der Waals surface area contributed by atoms with Crippen molar-refractivity contribution < 1.29 is 5.11 Å². The number of rotatable bonds is 4. The largest absolute Gasteiger partial charge is 0.395 e. The normalized spacial score (nSPS) is 21.8. The Bertz CT molecular complexity index is 382. The van der Waals surface area contributed by atoms with E-state index in [1.807, 2.05) is 6.07 Å². The lowest BCUT2D eigenvalue weighted by Gasteiger charge is -2.34. The van der Waals surface area contributed by atoms with Crippen molar-refractivity contribution in [3.63, 3.8) is 0 Å². The molecule has 0 radical (unpaired) electrons. The average molecular weight is 262 g/mol. The zero-order valence-electron chi connectivity index (χ0n) is 12.2. The zero-order chi connectivity index (χ0) is 13.7. The summed E-state index contributed by atoms with van der Waals surface area (Å²) >= 11 is 0. The molecule has 0 amide bonds. The van der Waals surface area contributed by atoms with Gasteiger partial charge in [0.05, 0.1) is 6.61 Å². The van der Waals surface area contributed by atoms with Crippen molar-refractivity contribution in [3.8, 4) is 0 Å². The van der Waals surface area contributed by atoms with Crippen molar-refractivity contribution in [1.82, 2.24) is 9.80 Å². The van der Waals surface area contributed by atoms with Gasteiger partial charge in [-0.05, 0) is 32.1 Å². The molecule has 0 saturated carbocycles. The molecule has 1 aliphatic rings. The fourth-order valence-corrected chi connectivity index (χ4v) is 2.82. The molecule has 1 aromatic rings. The highest BCUT2D eigenvalue weighted by Crippen LogP contribution is 2.24. The molecule has 1 aromatic carbocycles. The van der Waals surface area contributed by atoms with Crippen LogP contribution in [0.15, 0.2) is 30.3 Å². The van der Waals surface area contributed by atoms with Gasteiger partial charge in [-0.15, -0.1) is 0 Å². The molecule has 1 fully saturated rings. The maximum atomic E-state index is 9.85. The second kappa shape index (κ2) is 6.51. The van der Waals surface area contributed by atoms with Gasteiger partial charge in [0, 0.05) is 25.0 Å². The molecule has 1 atom stereocenters. The first kappa shape index (κ1) is 14.5. The minimum absolute atomic E-state index is 0.163. The molecule has 19 heavy (non-hydrogen) atoms. The summed E-state index contributed by atoms with van der Waals surface area (Å²) in [6.07, 6.45) is 1.22. The minimum atomic E-state index is -0.163. The van der Waals surface area contributed by atoms with Gasteiger partial charge < -0.3 is 14.9 Å². The van der Waals surface area contributed by atoms with Crippen LogP contribution in [0, 0.1) is 0 Å². The fourth-order valence-electron chi connectivity index (χ4n) is 2.82. The third-order valence-electron chi connectivity index (χ3n) is 4.20. The summed E-state index contributed by atoms with van der Waals surface area (Å²) in [7, 11) is 2.19. The van der Waals surface area contributed by atoms with E-state index < -0.39 is 0 Å². The molecule has 2 rings (SSSR count). The Labute approximate surface area is 116 Å². The molecule has 3 heteroatoms. The van der Waals surface area contributed by atoms with Crippen LogP contribution in [-0.2, 0) is 5.41 Å². The molecule has 3 nitrogen and oxygen atoms in total. The van der Waals surface area contributed by atoms with Crippen LogP contribution in [0.1, 0.15) is 18.9 Å². The van der Waals surface area contributed by atoms with Crippen LogP contribution >= 0.6 is 0 Å². The smallest absolute Gasteiger partial charge is 0.0537 e. The van der Waals surface area contributed by atoms with Crippen LogP contribution in [0.3, 0.4) is 0 Å². The predicted octanol–water partition coefficient (Wildman–Crippen LogP) is 1.57. The first-order chi connectivity index (χ1) is 9.14. The Morgan fingerprint density at radius 1 is 1.11 bits per heavy atom. The van der Waals surface area contributed by atoms with E-state index in [1.54, 1.807) is 0 Å². The molecule has 1 heterocycles. The van der Waals surface area contributed by atoms with Crippen LogP contribution in [0.4, 0.5) is 0 Å². The molecule has 0 spiro atoms. The van der Waals surface area contributed by atoms with E-state index >= 15 is 0 Å². The van der Waals surface area contributed by atoms with Gasteiger partial charge in [-0.3, -0.25) is 0 Å². The molecule has 0 aliphatic carbocycles. The number of hydrogen-bond acceptors (Lipinski definition) is 3. The fraction of sp³-hybridized carbons (Fsp3) is 0.625. The maximum Gasteiger partial charge on any atom is 0.0537 e. The lowest BCUT2D eigenvalue weighted by Crippen LogP contribution is -2.42. The van der Waals surface area contributed by atoms with Gasteiger partial charge in [-0.2, -0.15) is 0 Å². The van der Waals surface area contributed by atoms with Crippen LogP contribution in [0.2, 0.25) is 0 Å². The van der Waals surface area contributed by atoms with E-state index in [0.29, 0.717) is 0 Å². The van der Waals surface area contributed by atoms with E-state index in [0.717, 1.165) is 26.2 Å². The van der Waals surface area contributed by atoms with E-state index in [1.165, 1.54) is 18.5 Å². The molecule has 1 unspecified atom stereocenters. The van der Waals surface area contributed by atoms with Crippen molar-refractivity contribution in [1.29, 1.82) is 0 Å². The van der Waals surface area contributed by atoms with Crippen LogP contribution in [-0.4, -0.2) is 61.3 Å². The van der Waals surface area contributed by atoms with Crippen molar-refractivity contribution >= 4 is 0 Å². The molecule has 0 aromatic heterocycles. The number of aliphatic hydroxyl groups excluding tert-OH is 1. The highest BCUT2D eigenvalue weighted by atomic mass is 16.3. The Kier molecular flexibility index (Phi) is 4.97. The standard InChI is InChI=1S/C16H26N2O/c1-16(14-19,15-7-4-3-5-8-15)13-18-10-6-9-17(2)11-12-18/h3-5,7-8,19H,6,9-14H2,1-2H3. The highest BCUT2D eigenvalue weighted by Gasteiger charge is 2.29. The van der Waals surface area contributed by atoms with Crippen LogP contribution in [0.5, 0.6) is 0 Å². The summed E-state index contributed by atoms with van der Waals surface area (Å²) in [5.41, 5.74) is 1.07. The maximum absolute atomic E-state index is 9.85. The quantitative estimate of drug-likeness (QED) is 0.892. The molecule has 106 valence electrons. The second-order valence-electron chi connectivity index (χ2n) is 6.02. The monoisotopic (exact) mass is 262 g/mol. The van der Waals surface area contributed by atoms with Crippen molar-refractivity contribution in [3.05, 3.63) is 35.9 Å². The van der Waals surface area contributed by atoms with E-state index in [2.05, 4.69) is 48.0 Å². The van der Waals surface area contributed by atoms with Gasteiger partial charge in [0.15, 0.2) is 0 Å². The number of nitrogens with zero attached hydrogens (tertiary/aromatic N) is 2. The summed E-state index contributed by atoms with van der Waals surface area (Å²) in [5.74, 6) is 0. The summed E-state index contributed by atoms with van der Waals surface area (Å²) in [4.78, 5) is 4.88. The topological polar surface area (TPSA) is 26.7 Å². The van der Waals surface area contributed by atoms with E-state index in [-0.39, 0.29) is 12.0 Å². The van der Waals surface area contributed by atoms with E-state index in [9.17, 15) is 5.11 Å². The van der Waals surface area contributed by atoms with Crippen molar-refractivity contribution in [2.45, 2.75) is 18.8 Å². The lowest BCUT2D eigenvalue weighted by atomic mass is 9.82. The Morgan fingerprint density at radius 3 is 2.53 bits per heavy atom.